The predicted molar refractivity (Wildman–Crippen MR) is 121 cm³/mol. The van der Waals surface area contributed by atoms with Gasteiger partial charge in [0, 0.05) is 26.7 Å². The van der Waals surface area contributed by atoms with Crippen LogP contribution in [-0.2, 0) is 6.61 Å². The fourth-order valence-corrected chi connectivity index (χ4v) is 3.77. The molecule has 2 N–H and O–H groups in total. The zero-order chi connectivity index (χ0) is 21.2. The number of rotatable bonds is 4. The molecule has 1 aliphatic heterocycles. The largest absolute Gasteiger partial charge is 0.489 e. The summed E-state index contributed by atoms with van der Waals surface area (Å²) in [6.45, 7) is 6.49. The van der Waals surface area contributed by atoms with Gasteiger partial charge < -0.3 is 15.4 Å². The lowest BCUT2D eigenvalue weighted by Gasteiger charge is -2.34. The second-order valence-corrected chi connectivity index (χ2v) is 9.03. The van der Waals surface area contributed by atoms with Gasteiger partial charge in [-0.2, -0.15) is 5.26 Å². The van der Waals surface area contributed by atoms with Gasteiger partial charge in [0.1, 0.15) is 12.4 Å². The van der Waals surface area contributed by atoms with Crippen LogP contribution in [0.25, 0.3) is 0 Å². The maximum absolute atomic E-state index is 9.78. The Labute approximate surface area is 186 Å². The molecule has 150 valence electrons. The van der Waals surface area contributed by atoms with Gasteiger partial charge in [-0.25, -0.2) is 0 Å². The first-order valence-corrected chi connectivity index (χ1v) is 10.2. The molecule has 0 saturated carbocycles. The highest BCUT2D eigenvalue weighted by Crippen LogP contribution is 2.35. The predicted octanol–water partition coefficient (Wildman–Crippen LogP) is 5.91. The molecule has 0 aliphatic carbocycles. The van der Waals surface area contributed by atoms with Crippen LogP contribution in [0.3, 0.4) is 0 Å². The topological polar surface area (TPSA) is 57.1 Å². The quantitative estimate of drug-likeness (QED) is 0.572. The molecule has 0 aromatic heterocycles. The molecule has 0 unspecified atom stereocenters. The molecule has 29 heavy (non-hydrogen) atoms. The summed E-state index contributed by atoms with van der Waals surface area (Å²) in [5.74, 6) is 0.704. The number of nitriles is 1. The number of nitrogens with one attached hydrogen (secondary N) is 2. The van der Waals surface area contributed by atoms with E-state index in [0.717, 1.165) is 16.8 Å². The van der Waals surface area contributed by atoms with Crippen LogP contribution in [0.15, 0.2) is 53.7 Å². The molecule has 7 heteroatoms. The number of halogens is 2. The standard InChI is InChI=1S/C22H21Cl2N3OS/c1-22(2,3)20-17(11-25)19(26-21(29)27-20)13-5-8-16(9-6-13)28-12-14-4-7-15(23)10-18(14)24/h4-10,19H,12H2,1-3H3,(H2,26,27,29)/t19-/m1/s1. The van der Waals surface area contributed by atoms with Gasteiger partial charge in [-0.3, -0.25) is 0 Å². The van der Waals surface area contributed by atoms with Crippen molar-refractivity contribution >= 4 is 40.5 Å². The van der Waals surface area contributed by atoms with E-state index in [-0.39, 0.29) is 11.5 Å². The van der Waals surface area contributed by atoms with E-state index in [9.17, 15) is 5.26 Å². The average Bonchev–Trinajstić information content (AvgIpc) is 2.66. The molecule has 1 aliphatic rings. The third kappa shape index (κ3) is 5.02. The monoisotopic (exact) mass is 445 g/mol. The van der Waals surface area contributed by atoms with Crippen LogP contribution in [0.2, 0.25) is 10.0 Å². The molecule has 0 saturated heterocycles. The highest BCUT2D eigenvalue weighted by molar-refractivity contribution is 7.80. The highest BCUT2D eigenvalue weighted by atomic mass is 35.5. The Hall–Kier alpha value is -2.26. The summed E-state index contributed by atoms with van der Waals surface area (Å²) in [4.78, 5) is 0. The zero-order valence-electron chi connectivity index (χ0n) is 16.3. The molecular formula is C22H21Cl2N3OS. The van der Waals surface area contributed by atoms with Gasteiger partial charge in [-0.1, -0.05) is 62.2 Å². The van der Waals surface area contributed by atoms with Crippen molar-refractivity contribution in [3.8, 4) is 11.8 Å². The number of benzene rings is 2. The Morgan fingerprint density at radius 2 is 1.83 bits per heavy atom. The summed E-state index contributed by atoms with van der Waals surface area (Å²) in [6.07, 6.45) is 0. The van der Waals surface area contributed by atoms with Crippen molar-refractivity contribution < 1.29 is 4.74 Å². The van der Waals surface area contributed by atoms with E-state index >= 15 is 0 Å². The summed E-state index contributed by atoms with van der Waals surface area (Å²) >= 11 is 17.5. The minimum Gasteiger partial charge on any atom is -0.489 e. The van der Waals surface area contributed by atoms with Crippen LogP contribution >= 0.6 is 35.4 Å². The van der Waals surface area contributed by atoms with Crippen LogP contribution < -0.4 is 15.4 Å². The van der Waals surface area contributed by atoms with E-state index in [0.29, 0.717) is 33.1 Å². The summed E-state index contributed by atoms with van der Waals surface area (Å²) in [7, 11) is 0. The highest BCUT2D eigenvalue weighted by Gasteiger charge is 2.32. The van der Waals surface area contributed by atoms with Gasteiger partial charge in [0.05, 0.1) is 17.7 Å². The minimum absolute atomic E-state index is 0.226. The van der Waals surface area contributed by atoms with Crippen LogP contribution in [0.4, 0.5) is 0 Å². The van der Waals surface area contributed by atoms with Crippen molar-refractivity contribution in [1.29, 1.82) is 5.26 Å². The molecule has 3 rings (SSSR count). The maximum Gasteiger partial charge on any atom is 0.171 e. The first kappa shape index (κ1) is 21.4. The van der Waals surface area contributed by atoms with Crippen molar-refractivity contribution in [1.82, 2.24) is 10.6 Å². The van der Waals surface area contributed by atoms with Crippen LogP contribution in [0.5, 0.6) is 5.75 Å². The van der Waals surface area contributed by atoms with E-state index in [1.165, 1.54) is 0 Å². The normalized spacial score (nSPS) is 16.7. The molecular weight excluding hydrogens is 425 g/mol. The lowest BCUT2D eigenvalue weighted by atomic mass is 9.84. The van der Waals surface area contributed by atoms with Crippen LogP contribution in [-0.4, -0.2) is 5.11 Å². The first-order chi connectivity index (χ1) is 13.7. The van der Waals surface area contributed by atoms with Crippen molar-refractivity contribution in [3.63, 3.8) is 0 Å². The van der Waals surface area contributed by atoms with Crippen molar-refractivity contribution in [3.05, 3.63) is 74.9 Å². The second kappa shape index (κ2) is 8.62. The van der Waals surface area contributed by atoms with Gasteiger partial charge in [0.25, 0.3) is 0 Å². The third-order valence-electron chi connectivity index (χ3n) is 4.57. The Morgan fingerprint density at radius 3 is 2.41 bits per heavy atom. The molecule has 2 aromatic rings. The molecule has 0 radical (unpaired) electrons. The van der Waals surface area contributed by atoms with E-state index in [4.69, 9.17) is 40.2 Å². The second-order valence-electron chi connectivity index (χ2n) is 7.78. The Balaban J connectivity index is 1.80. The fourth-order valence-electron chi connectivity index (χ4n) is 3.08. The maximum atomic E-state index is 9.78. The molecule has 0 spiro atoms. The summed E-state index contributed by atoms with van der Waals surface area (Å²) in [6, 6.07) is 15.0. The SMILES string of the molecule is CC(C)(C)C1=C(C#N)[C@@H](c2ccc(OCc3ccc(Cl)cc3Cl)cc2)NC(=S)N1. The molecule has 0 fully saturated rings. The summed E-state index contributed by atoms with van der Waals surface area (Å²) in [5.41, 5.74) is 3.04. The summed E-state index contributed by atoms with van der Waals surface area (Å²) < 4.78 is 5.84. The van der Waals surface area contributed by atoms with Crippen molar-refractivity contribution in [2.45, 2.75) is 33.4 Å². The first-order valence-electron chi connectivity index (χ1n) is 9.08. The number of thiocarbonyl (C=S) groups is 1. The number of allylic oxidation sites excluding steroid dienone is 1. The van der Waals surface area contributed by atoms with E-state index in [2.05, 4.69) is 37.5 Å². The third-order valence-corrected chi connectivity index (χ3v) is 5.37. The molecule has 4 nitrogen and oxygen atoms in total. The fraction of sp³-hybridized carbons (Fsp3) is 0.273. The van der Waals surface area contributed by atoms with Gasteiger partial charge in [0.15, 0.2) is 5.11 Å². The smallest absolute Gasteiger partial charge is 0.171 e. The van der Waals surface area contributed by atoms with Gasteiger partial charge in [0.2, 0.25) is 0 Å². The van der Waals surface area contributed by atoms with Crippen molar-refractivity contribution in [2.24, 2.45) is 5.41 Å². The number of hydrogen-bond donors (Lipinski definition) is 2. The van der Waals surface area contributed by atoms with Gasteiger partial charge in [-0.05, 0) is 42.0 Å². The Morgan fingerprint density at radius 1 is 1.14 bits per heavy atom. The molecule has 2 aromatic carbocycles. The van der Waals surface area contributed by atoms with E-state index in [1.54, 1.807) is 12.1 Å². The number of nitrogens with zero attached hydrogens (tertiary/aromatic N) is 1. The average molecular weight is 446 g/mol. The van der Waals surface area contributed by atoms with Gasteiger partial charge in [-0.15, -0.1) is 0 Å². The van der Waals surface area contributed by atoms with E-state index < -0.39 is 0 Å². The van der Waals surface area contributed by atoms with Crippen molar-refractivity contribution in [2.75, 3.05) is 0 Å². The summed E-state index contributed by atoms with van der Waals surface area (Å²) in [5, 5.41) is 17.8. The lowest BCUT2D eigenvalue weighted by Crippen LogP contribution is -2.46. The number of ether oxygens (including phenoxy) is 1. The molecule has 0 bridgehead atoms. The molecule has 0 amide bonds. The van der Waals surface area contributed by atoms with E-state index in [1.807, 2.05) is 30.3 Å². The lowest BCUT2D eigenvalue weighted by molar-refractivity contribution is 0.306. The zero-order valence-corrected chi connectivity index (χ0v) is 18.7. The molecule has 1 atom stereocenters. The molecule has 1 heterocycles. The minimum atomic E-state index is -0.303. The Kier molecular flexibility index (Phi) is 6.38. The van der Waals surface area contributed by atoms with Gasteiger partial charge >= 0.3 is 0 Å². The van der Waals surface area contributed by atoms with Crippen LogP contribution in [0.1, 0.15) is 37.9 Å². The van der Waals surface area contributed by atoms with Crippen LogP contribution in [0, 0.1) is 16.7 Å². The Bertz CT molecular complexity index is 1000. The number of hydrogen-bond acceptors (Lipinski definition) is 3.